The Bertz CT molecular complexity index is 1110. The Morgan fingerprint density at radius 1 is 0.970 bits per heavy atom. The van der Waals surface area contributed by atoms with E-state index >= 15 is 0 Å². The average molecular weight is 487 g/mol. The van der Waals surface area contributed by atoms with Crippen molar-refractivity contribution in [3.8, 4) is 0 Å². The maximum absolute atomic E-state index is 14.5. The number of rotatable bonds is 9. The highest BCUT2D eigenvalue weighted by atomic mass is 35.5. The van der Waals surface area contributed by atoms with Crippen molar-refractivity contribution in [1.29, 1.82) is 0 Å². The van der Waals surface area contributed by atoms with Gasteiger partial charge in [-0.25, -0.2) is 4.39 Å². The van der Waals surface area contributed by atoms with Crippen LogP contribution < -0.4 is 5.32 Å². The number of hydrogen-bond acceptors (Lipinski definition) is 2. The predicted molar refractivity (Wildman–Crippen MR) is 130 cm³/mol. The van der Waals surface area contributed by atoms with Gasteiger partial charge in [0, 0.05) is 35.1 Å². The lowest BCUT2D eigenvalue weighted by Crippen LogP contribution is -2.51. The monoisotopic (exact) mass is 486 g/mol. The molecule has 0 saturated carbocycles. The van der Waals surface area contributed by atoms with Gasteiger partial charge in [-0.1, -0.05) is 77.8 Å². The van der Waals surface area contributed by atoms with Crippen molar-refractivity contribution in [2.75, 3.05) is 6.54 Å². The van der Waals surface area contributed by atoms with Crippen LogP contribution in [0, 0.1) is 5.82 Å². The number of nitrogens with zero attached hydrogens (tertiary/aromatic N) is 1. The normalized spacial score (nSPS) is 11.6. The molecule has 0 aliphatic heterocycles. The summed E-state index contributed by atoms with van der Waals surface area (Å²) in [5.41, 5.74) is 1.80. The van der Waals surface area contributed by atoms with Crippen LogP contribution in [0.15, 0.2) is 72.8 Å². The summed E-state index contributed by atoms with van der Waals surface area (Å²) in [4.78, 5) is 28.1. The molecule has 7 heteroatoms. The number of likely N-dealkylation sites (N-methyl/N-ethyl adjacent to an activating group) is 1. The number of benzene rings is 3. The van der Waals surface area contributed by atoms with Gasteiger partial charge in [-0.15, -0.1) is 0 Å². The van der Waals surface area contributed by atoms with Crippen LogP contribution in [0.5, 0.6) is 0 Å². The highest BCUT2D eigenvalue weighted by Crippen LogP contribution is 2.24. The molecule has 0 bridgehead atoms. The van der Waals surface area contributed by atoms with Gasteiger partial charge in [0.15, 0.2) is 0 Å². The second kappa shape index (κ2) is 11.8. The van der Waals surface area contributed by atoms with Gasteiger partial charge in [0.2, 0.25) is 11.8 Å². The summed E-state index contributed by atoms with van der Waals surface area (Å²) in [6.07, 6.45) is 0.246. The molecule has 0 radical (unpaired) electrons. The summed E-state index contributed by atoms with van der Waals surface area (Å²) in [6, 6.07) is 19.8. The lowest BCUT2D eigenvalue weighted by molar-refractivity contribution is -0.140. The Kier molecular flexibility index (Phi) is 8.87. The van der Waals surface area contributed by atoms with E-state index in [0.717, 1.165) is 5.56 Å². The molecule has 0 aliphatic rings. The minimum absolute atomic E-state index is 0.0465. The van der Waals surface area contributed by atoms with Crippen LogP contribution in [0.4, 0.5) is 4.39 Å². The summed E-state index contributed by atoms with van der Waals surface area (Å²) in [7, 11) is 0. The maximum atomic E-state index is 14.5. The molecule has 1 unspecified atom stereocenters. The first-order valence-electron chi connectivity index (χ1n) is 10.7. The third kappa shape index (κ3) is 6.80. The molecule has 0 aromatic heterocycles. The Hall–Kier alpha value is -2.89. The highest BCUT2D eigenvalue weighted by molar-refractivity contribution is 6.35. The summed E-state index contributed by atoms with van der Waals surface area (Å²) in [5.74, 6) is -1.07. The van der Waals surface area contributed by atoms with E-state index < -0.39 is 11.9 Å². The van der Waals surface area contributed by atoms with Crippen molar-refractivity contribution in [2.45, 2.75) is 32.4 Å². The minimum atomic E-state index is -0.828. The van der Waals surface area contributed by atoms with Gasteiger partial charge in [0.05, 0.1) is 6.42 Å². The van der Waals surface area contributed by atoms with Gasteiger partial charge in [0.1, 0.15) is 11.9 Å². The maximum Gasteiger partial charge on any atom is 0.243 e. The fourth-order valence-electron chi connectivity index (χ4n) is 3.59. The summed E-state index contributed by atoms with van der Waals surface area (Å²) >= 11 is 12.3. The van der Waals surface area contributed by atoms with Crippen LogP contribution in [0.1, 0.15) is 23.6 Å². The summed E-state index contributed by atoms with van der Waals surface area (Å²) in [5, 5.41) is 3.64. The molecule has 1 atom stereocenters. The van der Waals surface area contributed by atoms with Gasteiger partial charge in [-0.2, -0.15) is 0 Å². The second-order valence-electron chi connectivity index (χ2n) is 7.63. The number of halogens is 3. The molecule has 172 valence electrons. The molecule has 0 spiro atoms. The van der Waals surface area contributed by atoms with E-state index in [4.69, 9.17) is 23.2 Å². The predicted octanol–water partition coefficient (Wildman–Crippen LogP) is 5.45. The van der Waals surface area contributed by atoms with Crippen molar-refractivity contribution in [3.05, 3.63) is 105 Å². The van der Waals surface area contributed by atoms with E-state index in [2.05, 4.69) is 5.32 Å². The van der Waals surface area contributed by atoms with E-state index in [-0.39, 0.29) is 24.8 Å². The Balaban J connectivity index is 1.98. The molecule has 3 aromatic carbocycles. The van der Waals surface area contributed by atoms with Crippen LogP contribution >= 0.6 is 23.2 Å². The van der Waals surface area contributed by atoms with E-state index in [1.54, 1.807) is 36.4 Å². The van der Waals surface area contributed by atoms with Crippen LogP contribution in [-0.2, 0) is 29.0 Å². The molecule has 3 aromatic rings. The van der Waals surface area contributed by atoms with E-state index in [1.807, 2.05) is 37.3 Å². The van der Waals surface area contributed by atoms with Crippen molar-refractivity contribution in [1.82, 2.24) is 10.2 Å². The standard InChI is InChI=1S/C26H25Cl2FN2O2/c1-2-30-26(33)24(14-18-8-4-3-5-9-18)31(17-20-10-6-7-11-23(20)29)25(32)15-19-12-13-21(27)16-22(19)28/h3-13,16,24H,2,14-15,17H2,1H3,(H,30,33). The van der Waals surface area contributed by atoms with Crippen LogP contribution in [0.3, 0.4) is 0 Å². The molecule has 33 heavy (non-hydrogen) atoms. The minimum Gasteiger partial charge on any atom is -0.355 e. The first-order chi connectivity index (χ1) is 15.9. The molecule has 0 aliphatic carbocycles. The van der Waals surface area contributed by atoms with Gasteiger partial charge in [-0.05, 0) is 36.2 Å². The topological polar surface area (TPSA) is 49.4 Å². The lowest BCUT2D eigenvalue weighted by Gasteiger charge is -2.31. The third-order valence-electron chi connectivity index (χ3n) is 5.28. The zero-order valence-electron chi connectivity index (χ0n) is 18.2. The van der Waals surface area contributed by atoms with Crippen LogP contribution in [-0.4, -0.2) is 29.3 Å². The molecule has 1 N–H and O–H groups in total. The largest absolute Gasteiger partial charge is 0.355 e. The van der Waals surface area contributed by atoms with Crippen molar-refractivity contribution >= 4 is 35.0 Å². The van der Waals surface area contributed by atoms with Crippen molar-refractivity contribution < 1.29 is 14.0 Å². The lowest BCUT2D eigenvalue weighted by atomic mass is 10.0. The fourth-order valence-corrected chi connectivity index (χ4v) is 4.06. The molecular formula is C26H25Cl2FN2O2. The first kappa shape index (κ1) is 24.7. The SMILES string of the molecule is CCNC(=O)C(Cc1ccccc1)N(Cc1ccccc1F)C(=O)Cc1ccc(Cl)cc1Cl. The zero-order chi connectivity index (χ0) is 23.8. The molecule has 0 fully saturated rings. The molecule has 4 nitrogen and oxygen atoms in total. The third-order valence-corrected chi connectivity index (χ3v) is 5.86. The summed E-state index contributed by atoms with van der Waals surface area (Å²) in [6.45, 7) is 2.17. The van der Waals surface area contributed by atoms with E-state index in [0.29, 0.717) is 34.1 Å². The smallest absolute Gasteiger partial charge is 0.243 e. The number of carbonyl (C=O) groups is 2. The van der Waals surface area contributed by atoms with Crippen molar-refractivity contribution in [2.24, 2.45) is 0 Å². The van der Waals surface area contributed by atoms with E-state index in [1.165, 1.54) is 11.0 Å². The zero-order valence-corrected chi connectivity index (χ0v) is 19.7. The number of nitrogens with one attached hydrogen (secondary N) is 1. The molecule has 0 heterocycles. The second-order valence-corrected chi connectivity index (χ2v) is 8.47. The Morgan fingerprint density at radius 3 is 2.33 bits per heavy atom. The quantitative estimate of drug-likeness (QED) is 0.437. The van der Waals surface area contributed by atoms with Crippen LogP contribution in [0.25, 0.3) is 0 Å². The number of amides is 2. The first-order valence-corrected chi connectivity index (χ1v) is 11.4. The van der Waals surface area contributed by atoms with Gasteiger partial charge in [0.25, 0.3) is 0 Å². The van der Waals surface area contributed by atoms with Gasteiger partial charge < -0.3 is 10.2 Å². The Labute approximate surface area is 203 Å². The fraction of sp³-hybridized carbons (Fsp3) is 0.231. The van der Waals surface area contributed by atoms with E-state index in [9.17, 15) is 14.0 Å². The summed E-state index contributed by atoms with van der Waals surface area (Å²) < 4.78 is 14.5. The molecule has 2 amide bonds. The number of hydrogen-bond donors (Lipinski definition) is 1. The van der Waals surface area contributed by atoms with Gasteiger partial charge >= 0.3 is 0 Å². The molecular weight excluding hydrogens is 462 g/mol. The molecule has 0 saturated heterocycles. The number of carbonyl (C=O) groups excluding carboxylic acids is 2. The Morgan fingerprint density at radius 2 is 1.67 bits per heavy atom. The highest BCUT2D eigenvalue weighted by Gasteiger charge is 2.31. The van der Waals surface area contributed by atoms with Crippen LogP contribution in [0.2, 0.25) is 10.0 Å². The molecule has 3 rings (SSSR count). The average Bonchev–Trinajstić information content (AvgIpc) is 2.80. The van der Waals surface area contributed by atoms with Gasteiger partial charge in [-0.3, -0.25) is 9.59 Å². The van der Waals surface area contributed by atoms with Crippen molar-refractivity contribution in [3.63, 3.8) is 0 Å².